The van der Waals surface area contributed by atoms with Gasteiger partial charge in [-0.25, -0.2) is 0 Å². The standard InChI is InChI=1S/C13H19N3O3S/c1-8(2)15-13(20)16-14-7-9-5-10(18-3)12(17)11(6-9)19-4/h5-8,17H,1-4H3,(H2,15,16,20)/b14-7-. The average Bonchev–Trinajstić information content (AvgIpc) is 2.39. The van der Waals surface area contributed by atoms with Crippen molar-refractivity contribution in [3.05, 3.63) is 17.7 Å². The number of hydrazone groups is 1. The van der Waals surface area contributed by atoms with Gasteiger partial charge in [-0.3, -0.25) is 5.43 Å². The van der Waals surface area contributed by atoms with Gasteiger partial charge in [-0.1, -0.05) is 0 Å². The zero-order chi connectivity index (χ0) is 15.1. The molecule has 0 heterocycles. The number of methoxy groups -OCH3 is 2. The molecule has 0 aromatic heterocycles. The number of ether oxygens (including phenoxy) is 2. The zero-order valence-electron chi connectivity index (χ0n) is 11.9. The van der Waals surface area contributed by atoms with Gasteiger partial charge in [-0.2, -0.15) is 5.10 Å². The van der Waals surface area contributed by atoms with Gasteiger partial charge in [0.05, 0.1) is 20.4 Å². The molecule has 0 bridgehead atoms. The molecule has 0 amide bonds. The lowest BCUT2D eigenvalue weighted by Gasteiger charge is -2.10. The van der Waals surface area contributed by atoms with Crippen LogP contribution in [0.2, 0.25) is 0 Å². The molecule has 1 rings (SSSR count). The van der Waals surface area contributed by atoms with Crippen LogP contribution in [-0.4, -0.2) is 36.7 Å². The third-order valence-corrected chi connectivity index (χ3v) is 2.51. The van der Waals surface area contributed by atoms with Crippen LogP contribution >= 0.6 is 12.2 Å². The summed E-state index contributed by atoms with van der Waals surface area (Å²) in [6.07, 6.45) is 1.55. The van der Waals surface area contributed by atoms with Crippen molar-refractivity contribution in [3.8, 4) is 17.2 Å². The molecule has 7 heteroatoms. The molecule has 20 heavy (non-hydrogen) atoms. The lowest BCUT2D eigenvalue weighted by atomic mass is 10.2. The number of nitrogens with zero attached hydrogens (tertiary/aromatic N) is 1. The second-order valence-electron chi connectivity index (χ2n) is 4.27. The first-order valence-corrected chi connectivity index (χ1v) is 6.43. The molecule has 0 saturated carbocycles. The molecule has 0 aliphatic carbocycles. The minimum absolute atomic E-state index is 0.0443. The number of rotatable bonds is 5. The van der Waals surface area contributed by atoms with Gasteiger partial charge in [-0.05, 0) is 38.2 Å². The van der Waals surface area contributed by atoms with Crippen molar-refractivity contribution in [2.75, 3.05) is 14.2 Å². The van der Waals surface area contributed by atoms with Crippen molar-refractivity contribution in [2.45, 2.75) is 19.9 Å². The Balaban J connectivity index is 2.79. The number of hydrogen-bond acceptors (Lipinski definition) is 5. The molecule has 0 unspecified atom stereocenters. The summed E-state index contributed by atoms with van der Waals surface area (Å²) in [4.78, 5) is 0. The third kappa shape index (κ3) is 4.58. The zero-order valence-corrected chi connectivity index (χ0v) is 12.7. The summed E-state index contributed by atoms with van der Waals surface area (Å²) in [5.41, 5.74) is 3.40. The SMILES string of the molecule is COc1cc(/C=N\NC(=S)NC(C)C)cc(OC)c1O. The molecule has 6 nitrogen and oxygen atoms in total. The number of benzene rings is 1. The highest BCUT2D eigenvalue weighted by molar-refractivity contribution is 7.80. The lowest BCUT2D eigenvalue weighted by Crippen LogP contribution is -2.36. The summed E-state index contributed by atoms with van der Waals surface area (Å²) >= 11 is 5.04. The van der Waals surface area contributed by atoms with Crippen LogP contribution in [0.1, 0.15) is 19.4 Å². The maximum atomic E-state index is 9.79. The lowest BCUT2D eigenvalue weighted by molar-refractivity contribution is 0.340. The van der Waals surface area contributed by atoms with Crippen molar-refractivity contribution >= 4 is 23.5 Å². The van der Waals surface area contributed by atoms with Gasteiger partial charge in [-0.15, -0.1) is 0 Å². The molecule has 0 fully saturated rings. The molecule has 3 N–H and O–H groups in total. The number of nitrogens with one attached hydrogen (secondary N) is 2. The van der Waals surface area contributed by atoms with Crippen molar-refractivity contribution in [2.24, 2.45) is 5.10 Å². The number of phenols is 1. The quantitative estimate of drug-likeness (QED) is 0.435. The normalized spacial score (nSPS) is 10.7. The maximum absolute atomic E-state index is 9.79. The molecule has 0 atom stereocenters. The van der Waals surface area contributed by atoms with E-state index in [1.807, 2.05) is 13.8 Å². The number of phenolic OH excluding ortho intramolecular Hbond substituents is 1. The van der Waals surface area contributed by atoms with Crippen LogP contribution in [0.5, 0.6) is 17.2 Å². The molecule has 0 radical (unpaired) electrons. The Labute approximate surface area is 123 Å². The van der Waals surface area contributed by atoms with Gasteiger partial charge in [0.1, 0.15) is 0 Å². The third-order valence-electron chi connectivity index (χ3n) is 2.30. The van der Waals surface area contributed by atoms with E-state index in [9.17, 15) is 5.11 Å². The Hall–Kier alpha value is -2.02. The molecule has 0 aliphatic heterocycles. The second kappa shape index (κ2) is 7.54. The summed E-state index contributed by atoms with van der Waals surface area (Å²) in [5.74, 6) is 0.583. The molecular formula is C13H19N3O3S. The van der Waals surface area contributed by atoms with Crippen molar-refractivity contribution < 1.29 is 14.6 Å². The van der Waals surface area contributed by atoms with Crippen molar-refractivity contribution in [3.63, 3.8) is 0 Å². The average molecular weight is 297 g/mol. The number of hydrogen-bond donors (Lipinski definition) is 3. The van der Waals surface area contributed by atoms with Crippen LogP contribution in [0.15, 0.2) is 17.2 Å². The Bertz CT molecular complexity index is 479. The van der Waals surface area contributed by atoms with Crippen LogP contribution in [0, 0.1) is 0 Å². The summed E-state index contributed by atoms with van der Waals surface area (Å²) in [7, 11) is 2.94. The highest BCUT2D eigenvalue weighted by Crippen LogP contribution is 2.36. The van der Waals surface area contributed by atoms with E-state index < -0.39 is 0 Å². The minimum atomic E-state index is -0.0443. The van der Waals surface area contributed by atoms with E-state index in [2.05, 4.69) is 15.8 Å². The fraction of sp³-hybridized carbons (Fsp3) is 0.385. The Morgan fingerprint density at radius 1 is 1.30 bits per heavy atom. The predicted octanol–water partition coefficient (Wildman–Crippen LogP) is 1.62. The van der Waals surface area contributed by atoms with Crippen LogP contribution < -0.4 is 20.2 Å². The van der Waals surface area contributed by atoms with E-state index in [0.717, 1.165) is 0 Å². The fourth-order valence-electron chi connectivity index (χ4n) is 1.45. The molecule has 0 spiro atoms. The van der Waals surface area contributed by atoms with Crippen LogP contribution in [0.3, 0.4) is 0 Å². The van der Waals surface area contributed by atoms with Crippen LogP contribution in [0.4, 0.5) is 0 Å². The molecular weight excluding hydrogens is 278 g/mol. The van der Waals surface area contributed by atoms with E-state index in [1.165, 1.54) is 14.2 Å². The largest absolute Gasteiger partial charge is 0.502 e. The minimum Gasteiger partial charge on any atom is -0.502 e. The summed E-state index contributed by atoms with van der Waals surface area (Å²) in [6, 6.07) is 3.52. The molecule has 0 saturated heterocycles. The van der Waals surface area contributed by atoms with E-state index in [-0.39, 0.29) is 11.8 Å². The van der Waals surface area contributed by atoms with Gasteiger partial charge >= 0.3 is 0 Å². The van der Waals surface area contributed by atoms with E-state index in [0.29, 0.717) is 22.2 Å². The molecule has 0 aliphatic rings. The molecule has 1 aromatic carbocycles. The highest BCUT2D eigenvalue weighted by Gasteiger charge is 2.10. The molecule has 1 aromatic rings. The van der Waals surface area contributed by atoms with Gasteiger partial charge in [0.15, 0.2) is 16.6 Å². The van der Waals surface area contributed by atoms with Gasteiger partial charge in [0, 0.05) is 11.6 Å². The van der Waals surface area contributed by atoms with Crippen molar-refractivity contribution in [1.29, 1.82) is 0 Å². The molecule has 110 valence electrons. The summed E-state index contributed by atoms with van der Waals surface area (Å²) in [6.45, 7) is 3.96. The predicted molar refractivity (Wildman–Crippen MR) is 82.8 cm³/mol. The first kappa shape index (κ1) is 16.0. The van der Waals surface area contributed by atoms with Crippen LogP contribution in [-0.2, 0) is 0 Å². The Kier molecular flexibility index (Phi) is 6.05. The van der Waals surface area contributed by atoms with E-state index in [4.69, 9.17) is 21.7 Å². The van der Waals surface area contributed by atoms with E-state index >= 15 is 0 Å². The van der Waals surface area contributed by atoms with E-state index in [1.54, 1.807) is 18.3 Å². The Morgan fingerprint density at radius 2 is 1.85 bits per heavy atom. The van der Waals surface area contributed by atoms with Crippen LogP contribution in [0.25, 0.3) is 0 Å². The van der Waals surface area contributed by atoms with Gasteiger partial charge in [0.25, 0.3) is 0 Å². The topological polar surface area (TPSA) is 75.1 Å². The van der Waals surface area contributed by atoms with Crippen molar-refractivity contribution in [1.82, 2.24) is 10.7 Å². The first-order chi connectivity index (χ1) is 9.47. The number of aromatic hydroxyl groups is 1. The summed E-state index contributed by atoms with van der Waals surface area (Å²) < 4.78 is 10.1. The van der Waals surface area contributed by atoms with Gasteiger partial charge in [0.2, 0.25) is 5.75 Å². The Morgan fingerprint density at radius 3 is 2.30 bits per heavy atom. The highest BCUT2D eigenvalue weighted by atomic mass is 32.1. The smallest absolute Gasteiger partial charge is 0.200 e. The first-order valence-electron chi connectivity index (χ1n) is 6.02. The fourth-order valence-corrected chi connectivity index (χ4v) is 1.74. The van der Waals surface area contributed by atoms with Gasteiger partial charge < -0.3 is 19.9 Å². The second-order valence-corrected chi connectivity index (χ2v) is 4.68. The number of thiocarbonyl (C=S) groups is 1. The maximum Gasteiger partial charge on any atom is 0.200 e. The monoisotopic (exact) mass is 297 g/mol. The summed E-state index contributed by atoms with van der Waals surface area (Å²) in [5, 5.41) is 17.2.